The number of hydrogen-bond donors (Lipinski definition) is 4. The second kappa shape index (κ2) is 4.45. The van der Waals surface area contributed by atoms with Gasteiger partial charge in [0.2, 0.25) is 17.8 Å². The zero-order valence-electron chi connectivity index (χ0n) is 8.16. The highest BCUT2D eigenvalue weighted by Crippen LogP contribution is 2.01. The average molecular weight is 198 g/mol. The van der Waals surface area contributed by atoms with E-state index >= 15 is 0 Å². The van der Waals surface area contributed by atoms with Crippen LogP contribution in [0.5, 0.6) is 0 Å². The van der Waals surface area contributed by atoms with Gasteiger partial charge < -0.3 is 16.4 Å². The predicted molar refractivity (Wildman–Crippen MR) is 52.6 cm³/mol. The molecule has 7 nitrogen and oxygen atoms in total. The maximum Gasteiger partial charge on any atom is 0.244 e. The lowest BCUT2D eigenvalue weighted by Crippen LogP contribution is -2.37. The van der Waals surface area contributed by atoms with Crippen molar-refractivity contribution in [3.63, 3.8) is 0 Å². The first-order valence-electron chi connectivity index (χ1n) is 4.35. The van der Waals surface area contributed by atoms with Crippen LogP contribution in [0.4, 0.5) is 11.9 Å². The Morgan fingerprint density at radius 3 is 2.93 bits per heavy atom. The van der Waals surface area contributed by atoms with Crippen LogP contribution in [0.2, 0.25) is 0 Å². The third-order valence-electron chi connectivity index (χ3n) is 1.59. The van der Waals surface area contributed by atoms with E-state index in [-0.39, 0.29) is 17.9 Å². The van der Waals surface area contributed by atoms with E-state index in [0.29, 0.717) is 12.5 Å². The molecule has 1 aromatic heterocycles. The van der Waals surface area contributed by atoms with E-state index in [4.69, 9.17) is 5.73 Å². The minimum absolute atomic E-state index is 0.101. The van der Waals surface area contributed by atoms with Crippen molar-refractivity contribution in [1.29, 1.82) is 0 Å². The van der Waals surface area contributed by atoms with E-state index in [1.165, 1.54) is 0 Å². The summed E-state index contributed by atoms with van der Waals surface area (Å²) in [6.07, 6.45) is 0. The standard InChI is InChI=1S/C7H14N6O/c1-3-9-5(14)4(2)10-7-11-6(8)12-13-7/h4H,3H2,1-2H3,(H,9,14)(H4,8,10,11,12,13). The van der Waals surface area contributed by atoms with Crippen molar-refractivity contribution in [2.45, 2.75) is 19.9 Å². The highest BCUT2D eigenvalue weighted by Gasteiger charge is 2.12. The van der Waals surface area contributed by atoms with Crippen molar-refractivity contribution < 1.29 is 4.79 Å². The molecule has 0 aromatic carbocycles. The first-order valence-corrected chi connectivity index (χ1v) is 4.35. The smallest absolute Gasteiger partial charge is 0.244 e. The molecule has 5 N–H and O–H groups in total. The second-order valence-corrected chi connectivity index (χ2v) is 2.80. The summed E-state index contributed by atoms with van der Waals surface area (Å²) >= 11 is 0. The maximum absolute atomic E-state index is 11.3. The first kappa shape index (κ1) is 10.3. The van der Waals surface area contributed by atoms with Crippen LogP contribution in [0, 0.1) is 0 Å². The molecule has 1 aromatic rings. The Morgan fingerprint density at radius 2 is 2.43 bits per heavy atom. The van der Waals surface area contributed by atoms with Crippen molar-refractivity contribution in [3.05, 3.63) is 0 Å². The molecule has 7 heteroatoms. The summed E-state index contributed by atoms with van der Waals surface area (Å²) in [4.78, 5) is 15.1. The van der Waals surface area contributed by atoms with E-state index < -0.39 is 0 Å². The van der Waals surface area contributed by atoms with E-state index in [9.17, 15) is 4.79 Å². The summed E-state index contributed by atoms with van der Waals surface area (Å²) < 4.78 is 0. The SMILES string of the molecule is CCNC(=O)C(C)Nc1n[nH]c(N)n1. The summed E-state index contributed by atoms with van der Waals surface area (Å²) in [5.74, 6) is 0.438. The molecule has 0 aliphatic carbocycles. The number of carbonyl (C=O) groups excluding carboxylic acids is 1. The lowest BCUT2D eigenvalue weighted by molar-refractivity contribution is -0.121. The van der Waals surface area contributed by atoms with Gasteiger partial charge in [-0.05, 0) is 13.8 Å². The summed E-state index contributed by atoms with van der Waals surface area (Å²) in [5, 5.41) is 11.7. The Hall–Kier alpha value is -1.79. The molecule has 0 radical (unpaired) electrons. The van der Waals surface area contributed by atoms with Gasteiger partial charge in [0.05, 0.1) is 0 Å². The van der Waals surface area contributed by atoms with Crippen molar-refractivity contribution >= 4 is 17.8 Å². The van der Waals surface area contributed by atoms with Crippen LogP contribution in [-0.4, -0.2) is 33.7 Å². The lowest BCUT2D eigenvalue weighted by atomic mass is 10.3. The molecule has 1 unspecified atom stereocenters. The van der Waals surface area contributed by atoms with Gasteiger partial charge in [-0.15, -0.1) is 5.10 Å². The Balaban J connectivity index is 2.48. The van der Waals surface area contributed by atoms with Crippen LogP contribution in [0.15, 0.2) is 0 Å². The Kier molecular flexibility index (Phi) is 3.27. The number of aromatic nitrogens is 3. The van der Waals surface area contributed by atoms with E-state index in [2.05, 4.69) is 25.8 Å². The molecule has 0 saturated heterocycles. The number of hydrogen-bond acceptors (Lipinski definition) is 5. The fourth-order valence-electron chi connectivity index (χ4n) is 0.925. The van der Waals surface area contributed by atoms with Crippen molar-refractivity contribution in [2.24, 2.45) is 0 Å². The van der Waals surface area contributed by atoms with Gasteiger partial charge >= 0.3 is 0 Å². The highest BCUT2D eigenvalue weighted by atomic mass is 16.2. The van der Waals surface area contributed by atoms with E-state index in [0.717, 1.165) is 0 Å². The van der Waals surface area contributed by atoms with Gasteiger partial charge in [-0.3, -0.25) is 4.79 Å². The third kappa shape index (κ3) is 2.61. The Labute approximate surface area is 81.5 Å². The van der Waals surface area contributed by atoms with Crippen LogP contribution in [0.25, 0.3) is 0 Å². The molecule has 0 aliphatic heterocycles. The van der Waals surface area contributed by atoms with Gasteiger partial charge in [-0.2, -0.15) is 4.98 Å². The number of aromatic amines is 1. The fourth-order valence-corrected chi connectivity index (χ4v) is 0.925. The number of nitrogen functional groups attached to an aromatic ring is 1. The number of anilines is 2. The van der Waals surface area contributed by atoms with Crippen LogP contribution in [0.1, 0.15) is 13.8 Å². The number of rotatable bonds is 4. The minimum atomic E-state index is -0.384. The molecule has 1 rings (SSSR count). The van der Waals surface area contributed by atoms with Gasteiger partial charge in [0.15, 0.2) is 0 Å². The summed E-state index contributed by atoms with van der Waals surface area (Å²) in [7, 11) is 0. The largest absolute Gasteiger partial charge is 0.368 e. The zero-order chi connectivity index (χ0) is 10.6. The molecule has 0 saturated carbocycles. The third-order valence-corrected chi connectivity index (χ3v) is 1.59. The average Bonchev–Trinajstić information content (AvgIpc) is 2.51. The van der Waals surface area contributed by atoms with Gasteiger partial charge in [0, 0.05) is 6.54 Å². The quantitative estimate of drug-likeness (QED) is 0.512. The first-order chi connectivity index (χ1) is 6.63. The molecule has 0 bridgehead atoms. The number of carbonyl (C=O) groups is 1. The minimum Gasteiger partial charge on any atom is -0.368 e. The van der Waals surface area contributed by atoms with E-state index in [1.54, 1.807) is 6.92 Å². The van der Waals surface area contributed by atoms with E-state index in [1.807, 2.05) is 6.92 Å². The molecule has 78 valence electrons. The van der Waals surface area contributed by atoms with Crippen LogP contribution < -0.4 is 16.4 Å². The molecular formula is C7H14N6O. The van der Waals surface area contributed by atoms with Crippen molar-refractivity contribution in [1.82, 2.24) is 20.5 Å². The molecule has 0 aliphatic rings. The van der Waals surface area contributed by atoms with Gasteiger partial charge in [0.25, 0.3) is 0 Å². The summed E-state index contributed by atoms with van der Waals surface area (Å²) in [6.45, 7) is 4.17. The molecule has 14 heavy (non-hydrogen) atoms. The number of nitrogens with zero attached hydrogens (tertiary/aromatic N) is 2. The normalized spacial score (nSPS) is 12.1. The maximum atomic E-state index is 11.3. The number of H-pyrrole nitrogens is 1. The van der Waals surface area contributed by atoms with Gasteiger partial charge in [0.1, 0.15) is 6.04 Å². The number of nitrogens with two attached hydrogens (primary N) is 1. The summed E-state index contributed by atoms with van der Waals surface area (Å²) in [5.41, 5.74) is 5.32. The van der Waals surface area contributed by atoms with Gasteiger partial charge in [-0.1, -0.05) is 0 Å². The zero-order valence-corrected chi connectivity index (χ0v) is 8.16. The number of nitrogens with one attached hydrogen (secondary N) is 3. The monoisotopic (exact) mass is 198 g/mol. The molecule has 0 fully saturated rings. The Bertz CT molecular complexity index is 309. The fraction of sp³-hybridized carbons (Fsp3) is 0.571. The Morgan fingerprint density at radius 1 is 1.71 bits per heavy atom. The van der Waals surface area contributed by atoms with Gasteiger partial charge in [-0.25, -0.2) is 5.10 Å². The molecule has 1 amide bonds. The topological polar surface area (TPSA) is 109 Å². The molecule has 1 heterocycles. The molecule has 0 spiro atoms. The van der Waals surface area contributed by atoms with Crippen LogP contribution in [-0.2, 0) is 4.79 Å². The molecule has 1 atom stereocenters. The second-order valence-electron chi connectivity index (χ2n) is 2.80. The van der Waals surface area contributed by atoms with Crippen LogP contribution >= 0.6 is 0 Å². The van der Waals surface area contributed by atoms with Crippen molar-refractivity contribution in [3.8, 4) is 0 Å². The molecular weight excluding hydrogens is 184 g/mol. The van der Waals surface area contributed by atoms with Crippen LogP contribution in [0.3, 0.4) is 0 Å². The lowest BCUT2D eigenvalue weighted by Gasteiger charge is -2.10. The van der Waals surface area contributed by atoms with Crippen molar-refractivity contribution in [2.75, 3.05) is 17.6 Å². The highest BCUT2D eigenvalue weighted by molar-refractivity contribution is 5.83. The predicted octanol–water partition coefficient (Wildman–Crippen LogP) is -0.677. The number of likely N-dealkylation sites (N-methyl/N-ethyl adjacent to an activating group) is 1. The number of amides is 1. The summed E-state index contributed by atoms with van der Waals surface area (Å²) in [6, 6.07) is -0.384.